The highest BCUT2D eigenvalue weighted by molar-refractivity contribution is 5.99. The summed E-state index contributed by atoms with van der Waals surface area (Å²) in [5.41, 5.74) is 3.28. The molecule has 0 atom stereocenters. The molecule has 1 fully saturated rings. The lowest BCUT2D eigenvalue weighted by Gasteiger charge is -2.33. The van der Waals surface area contributed by atoms with Crippen LogP contribution in [0.3, 0.4) is 0 Å². The Morgan fingerprint density at radius 3 is 2.32 bits per heavy atom. The van der Waals surface area contributed by atoms with Crippen molar-refractivity contribution in [1.29, 1.82) is 0 Å². The predicted octanol–water partition coefficient (Wildman–Crippen LogP) is 3.19. The van der Waals surface area contributed by atoms with Crippen LogP contribution in [-0.2, 0) is 4.74 Å². The average molecular weight is 387 g/mol. The van der Waals surface area contributed by atoms with Crippen LogP contribution >= 0.6 is 0 Å². The van der Waals surface area contributed by atoms with Gasteiger partial charge in [-0.2, -0.15) is 0 Å². The van der Waals surface area contributed by atoms with Crippen LogP contribution in [0.2, 0.25) is 0 Å². The summed E-state index contributed by atoms with van der Waals surface area (Å²) in [6.07, 6.45) is -0.295. The fraction of sp³-hybridized carbons (Fsp3) is 0.429. The van der Waals surface area contributed by atoms with Gasteiger partial charge in [-0.15, -0.1) is 0 Å². The number of halogens is 1. The number of aromatic nitrogens is 1. The third-order valence-corrected chi connectivity index (χ3v) is 5.08. The Morgan fingerprint density at radius 2 is 1.71 bits per heavy atom. The van der Waals surface area contributed by atoms with Crippen LogP contribution in [0.4, 0.5) is 9.18 Å². The van der Waals surface area contributed by atoms with Gasteiger partial charge in [0, 0.05) is 48.8 Å². The van der Waals surface area contributed by atoms with Gasteiger partial charge >= 0.3 is 6.09 Å². The van der Waals surface area contributed by atoms with E-state index in [4.69, 9.17) is 4.74 Å². The summed E-state index contributed by atoms with van der Waals surface area (Å²) >= 11 is 0. The molecule has 0 spiro atoms. The molecule has 1 aromatic carbocycles. The Kier molecular flexibility index (Phi) is 6.14. The monoisotopic (exact) mass is 387 g/mol. The van der Waals surface area contributed by atoms with E-state index in [1.54, 1.807) is 24.0 Å². The number of carbonyl (C=O) groups excluding carboxylic acids is 2. The molecule has 2 aromatic rings. The summed E-state index contributed by atoms with van der Waals surface area (Å²) in [4.78, 5) is 28.4. The number of benzene rings is 1. The lowest BCUT2D eigenvalue weighted by molar-refractivity contribution is 0.0733. The van der Waals surface area contributed by atoms with Crippen molar-refractivity contribution < 1.29 is 18.7 Å². The highest BCUT2D eigenvalue weighted by Crippen LogP contribution is 2.22. The molecule has 2 heterocycles. The highest BCUT2D eigenvalue weighted by Gasteiger charge is 2.25. The first-order valence-corrected chi connectivity index (χ1v) is 9.52. The van der Waals surface area contributed by atoms with Gasteiger partial charge in [0.15, 0.2) is 5.78 Å². The first kappa shape index (κ1) is 20.1. The largest absolute Gasteiger partial charge is 0.450 e. The molecule has 3 rings (SSSR count). The lowest BCUT2D eigenvalue weighted by Crippen LogP contribution is -2.50. The standard InChI is InChI=1S/C21H26FN3O3/c1-4-28-21(27)24-11-9-23(10-12-24)14-20(26)19-13-15(2)25(16(19)3)18-7-5-17(22)6-8-18/h5-8,13H,4,9-12,14H2,1-3H3. The van der Waals surface area contributed by atoms with Crippen LogP contribution in [0, 0.1) is 19.7 Å². The average Bonchev–Trinajstić information content (AvgIpc) is 2.98. The maximum absolute atomic E-state index is 13.2. The number of aryl methyl sites for hydroxylation is 1. The van der Waals surface area contributed by atoms with E-state index in [1.807, 2.05) is 24.5 Å². The molecule has 0 N–H and O–H groups in total. The van der Waals surface area contributed by atoms with E-state index in [-0.39, 0.29) is 17.7 Å². The second kappa shape index (κ2) is 8.56. The highest BCUT2D eigenvalue weighted by atomic mass is 19.1. The van der Waals surface area contributed by atoms with Gasteiger partial charge in [-0.1, -0.05) is 0 Å². The topological polar surface area (TPSA) is 54.8 Å². The molecular formula is C21H26FN3O3. The van der Waals surface area contributed by atoms with E-state index < -0.39 is 0 Å². The zero-order valence-electron chi connectivity index (χ0n) is 16.6. The van der Waals surface area contributed by atoms with Crippen molar-refractivity contribution in [3.8, 4) is 5.69 Å². The molecule has 7 heteroatoms. The van der Waals surface area contributed by atoms with Crippen LogP contribution in [0.25, 0.3) is 5.69 Å². The Bertz CT molecular complexity index is 853. The molecule has 28 heavy (non-hydrogen) atoms. The third kappa shape index (κ3) is 4.25. The zero-order chi connectivity index (χ0) is 20.3. The van der Waals surface area contributed by atoms with E-state index >= 15 is 0 Å². The summed E-state index contributed by atoms with van der Waals surface area (Å²) in [7, 11) is 0. The molecule has 1 aromatic heterocycles. The molecule has 0 unspecified atom stereocenters. The minimum Gasteiger partial charge on any atom is -0.450 e. The Labute approximate surface area is 164 Å². The van der Waals surface area contributed by atoms with Gasteiger partial charge < -0.3 is 14.2 Å². The number of hydrogen-bond acceptors (Lipinski definition) is 4. The van der Waals surface area contributed by atoms with Gasteiger partial charge in [0.05, 0.1) is 13.2 Å². The first-order chi connectivity index (χ1) is 13.4. The number of rotatable bonds is 5. The van der Waals surface area contributed by atoms with Crippen LogP contribution in [0.15, 0.2) is 30.3 Å². The summed E-state index contributed by atoms with van der Waals surface area (Å²) in [5.74, 6) is -0.240. The maximum atomic E-state index is 13.2. The molecule has 1 amide bonds. The van der Waals surface area contributed by atoms with E-state index in [1.165, 1.54) is 12.1 Å². The van der Waals surface area contributed by atoms with Crippen molar-refractivity contribution in [3.05, 3.63) is 53.1 Å². The number of hydrogen-bond donors (Lipinski definition) is 0. The molecule has 0 saturated carbocycles. The number of piperazine rings is 1. The van der Waals surface area contributed by atoms with Gasteiger partial charge in [-0.3, -0.25) is 9.69 Å². The normalized spacial score (nSPS) is 14.9. The maximum Gasteiger partial charge on any atom is 0.409 e. The van der Waals surface area contributed by atoms with Gasteiger partial charge in [0.25, 0.3) is 0 Å². The SMILES string of the molecule is CCOC(=O)N1CCN(CC(=O)c2cc(C)n(-c3ccc(F)cc3)c2C)CC1. The van der Waals surface area contributed by atoms with Crippen molar-refractivity contribution in [3.63, 3.8) is 0 Å². The molecule has 1 aliphatic rings. The second-order valence-electron chi connectivity index (χ2n) is 6.98. The minimum absolute atomic E-state index is 0.0473. The molecule has 150 valence electrons. The van der Waals surface area contributed by atoms with E-state index in [0.717, 1.165) is 17.1 Å². The summed E-state index contributed by atoms with van der Waals surface area (Å²) in [5, 5.41) is 0. The first-order valence-electron chi connectivity index (χ1n) is 9.52. The summed E-state index contributed by atoms with van der Waals surface area (Å²) < 4.78 is 20.2. The van der Waals surface area contributed by atoms with Crippen LogP contribution in [-0.4, -0.2) is 65.6 Å². The van der Waals surface area contributed by atoms with Crippen molar-refractivity contribution in [1.82, 2.24) is 14.4 Å². The third-order valence-electron chi connectivity index (χ3n) is 5.08. The van der Waals surface area contributed by atoms with Crippen LogP contribution in [0.1, 0.15) is 28.7 Å². The predicted molar refractivity (Wildman–Crippen MR) is 105 cm³/mol. The van der Waals surface area contributed by atoms with Crippen molar-refractivity contribution in [2.75, 3.05) is 39.3 Å². The van der Waals surface area contributed by atoms with E-state index in [0.29, 0.717) is 44.9 Å². The van der Waals surface area contributed by atoms with Gasteiger partial charge in [0.2, 0.25) is 0 Å². The van der Waals surface area contributed by atoms with Crippen molar-refractivity contribution in [2.24, 2.45) is 0 Å². The number of amides is 1. The van der Waals surface area contributed by atoms with Gasteiger partial charge in [-0.25, -0.2) is 9.18 Å². The number of nitrogens with zero attached hydrogens (tertiary/aromatic N) is 3. The van der Waals surface area contributed by atoms with Crippen molar-refractivity contribution >= 4 is 11.9 Å². The number of carbonyl (C=O) groups is 2. The fourth-order valence-corrected chi connectivity index (χ4v) is 3.62. The number of ketones is 1. The minimum atomic E-state index is -0.295. The smallest absolute Gasteiger partial charge is 0.409 e. The Morgan fingerprint density at radius 1 is 1.07 bits per heavy atom. The molecule has 6 nitrogen and oxygen atoms in total. The molecule has 0 aliphatic carbocycles. The van der Waals surface area contributed by atoms with Crippen molar-refractivity contribution in [2.45, 2.75) is 20.8 Å². The quantitative estimate of drug-likeness (QED) is 0.740. The zero-order valence-corrected chi connectivity index (χ0v) is 16.6. The molecule has 1 aliphatic heterocycles. The molecule has 1 saturated heterocycles. The van der Waals surface area contributed by atoms with E-state index in [9.17, 15) is 14.0 Å². The number of ether oxygens (including phenoxy) is 1. The van der Waals surface area contributed by atoms with Crippen LogP contribution in [0.5, 0.6) is 0 Å². The second-order valence-corrected chi connectivity index (χ2v) is 6.98. The molecular weight excluding hydrogens is 361 g/mol. The molecule has 0 bridgehead atoms. The van der Waals surface area contributed by atoms with Crippen LogP contribution < -0.4 is 0 Å². The van der Waals surface area contributed by atoms with Gasteiger partial charge in [-0.05, 0) is 51.1 Å². The van der Waals surface area contributed by atoms with Gasteiger partial charge in [0.1, 0.15) is 5.82 Å². The summed E-state index contributed by atoms with van der Waals surface area (Å²) in [6.45, 7) is 8.69. The lowest BCUT2D eigenvalue weighted by atomic mass is 10.1. The van der Waals surface area contributed by atoms with E-state index in [2.05, 4.69) is 4.90 Å². The fourth-order valence-electron chi connectivity index (χ4n) is 3.62. The Balaban J connectivity index is 1.67. The summed E-state index contributed by atoms with van der Waals surface area (Å²) in [6, 6.07) is 8.13. The number of Topliss-reactive ketones (excluding diaryl/α,β-unsaturated/α-hetero) is 1. The Hall–Kier alpha value is -2.67. The molecule has 0 radical (unpaired) electrons.